The summed E-state index contributed by atoms with van der Waals surface area (Å²) in [5.41, 5.74) is 3.38. The fourth-order valence-electron chi connectivity index (χ4n) is 4.30. The zero-order chi connectivity index (χ0) is 22.7. The van der Waals surface area contributed by atoms with E-state index in [1.807, 2.05) is 19.1 Å². The Morgan fingerprint density at radius 1 is 1.28 bits per heavy atom. The van der Waals surface area contributed by atoms with E-state index in [1.165, 1.54) is 0 Å². The van der Waals surface area contributed by atoms with E-state index < -0.39 is 0 Å². The molecule has 0 aromatic carbocycles. The highest BCUT2D eigenvalue weighted by molar-refractivity contribution is 6.04. The Labute approximate surface area is 190 Å². The minimum atomic E-state index is -0.218. The molecular formula is C24H33N7O. The van der Waals surface area contributed by atoms with E-state index in [0.717, 1.165) is 68.1 Å². The summed E-state index contributed by atoms with van der Waals surface area (Å²) < 4.78 is 0. The van der Waals surface area contributed by atoms with Crippen LogP contribution in [0.2, 0.25) is 0 Å². The predicted octanol–water partition coefficient (Wildman–Crippen LogP) is 4.06. The van der Waals surface area contributed by atoms with Crippen molar-refractivity contribution in [3.8, 4) is 0 Å². The first-order valence-electron chi connectivity index (χ1n) is 11.6. The molecule has 1 fully saturated rings. The SMILES string of the molecule is C=C(NCC)c1ccc2c(n1)N(C(=O)Nc1cncc(CC[C@H](C)CC)n1)C1CCN2C1. The molecule has 0 radical (unpaired) electrons. The van der Waals surface area contributed by atoms with Crippen molar-refractivity contribution >= 4 is 29.1 Å². The van der Waals surface area contributed by atoms with Crippen LogP contribution in [-0.2, 0) is 6.42 Å². The minimum Gasteiger partial charge on any atom is -0.384 e. The summed E-state index contributed by atoms with van der Waals surface area (Å²) >= 11 is 0. The van der Waals surface area contributed by atoms with Gasteiger partial charge in [-0.3, -0.25) is 15.2 Å². The summed E-state index contributed by atoms with van der Waals surface area (Å²) in [5.74, 6) is 1.79. The van der Waals surface area contributed by atoms with Gasteiger partial charge >= 0.3 is 6.03 Å². The predicted molar refractivity (Wildman–Crippen MR) is 129 cm³/mol. The molecule has 2 aromatic rings. The first-order chi connectivity index (χ1) is 15.5. The van der Waals surface area contributed by atoms with Crippen LogP contribution in [-0.4, -0.2) is 46.7 Å². The fraction of sp³-hybridized carbons (Fsp3) is 0.500. The molecule has 2 bridgehead atoms. The smallest absolute Gasteiger partial charge is 0.329 e. The molecule has 2 amide bonds. The summed E-state index contributed by atoms with van der Waals surface area (Å²) in [6, 6.07) is 3.87. The van der Waals surface area contributed by atoms with Crippen molar-refractivity contribution in [1.29, 1.82) is 0 Å². The van der Waals surface area contributed by atoms with Gasteiger partial charge in [0.1, 0.15) is 0 Å². The van der Waals surface area contributed by atoms with E-state index in [4.69, 9.17) is 4.98 Å². The van der Waals surface area contributed by atoms with Gasteiger partial charge in [-0.05, 0) is 44.2 Å². The Bertz CT molecular complexity index is 992. The van der Waals surface area contributed by atoms with Crippen molar-refractivity contribution in [2.24, 2.45) is 5.92 Å². The molecule has 0 spiro atoms. The molecule has 2 atom stereocenters. The molecule has 2 N–H and O–H groups in total. The summed E-state index contributed by atoms with van der Waals surface area (Å²) in [4.78, 5) is 31.2. The average molecular weight is 436 g/mol. The van der Waals surface area contributed by atoms with Gasteiger partial charge in [-0.25, -0.2) is 14.8 Å². The molecule has 0 aliphatic carbocycles. The van der Waals surface area contributed by atoms with Gasteiger partial charge in [0, 0.05) is 25.8 Å². The number of anilines is 3. The quantitative estimate of drug-likeness (QED) is 0.650. The number of urea groups is 1. The van der Waals surface area contributed by atoms with E-state index >= 15 is 0 Å². The van der Waals surface area contributed by atoms with Crippen LogP contribution in [0, 0.1) is 5.92 Å². The fourth-order valence-corrected chi connectivity index (χ4v) is 4.30. The molecule has 1 saturated heterocycles. The van der Waals surface area contributed by atoms with Gasteiger partial charge in [0.2, 0.25) is 0 Å². The summed E-state index contributed by atoms with van der Waals surface area (Å²) in [5, 5.41) is 6.18. The minimum absolute atomic E-state index is 0.0826. The average Bonchev–Trinajstić information content (AvgIpc) is 3.21. The highest BCUT2D eigenvalue weighted by Crippen LogP contribution is 2.39. The van der Waals surface area contributed by atoms with Gasteiger partial charge in [-0.1, -0.05) is 26.8 Å². The van der Waals surface area contributed by atoms with Gasteiger partial charge < -0.3 is 10.2 Å². The van der Waals surface area contributed by atoms with Crippen LogP contribution in [0.1, 0.15) is 51.4 Å². The van der Waals surface area contributed by atoms with Gasteiger partial charge in [-0.2, -0.15) is 0 Å². The topological polar surface area (TPSA) is 86.3 Å². The molecule has 4 rings (SSSR count). The van der Waals surface area contributed by atoms with Crippen molar-refractivity contribution in [1.82, 2.24) is 20.3 Å². The number of carbonyl (C=O) groups excluding carboxylic acids is 1. The molecule has 170 valence electrons. The maximum Gasteiger partial charge on any atom is 0.329 e. The summed E-state index contributed by atoms with van der Waals surface area (Å²) in [7, 11) is 0. The number of pyridine rings is 1. The number of amides is 2. The molecule has 8 heteroatoms. The molecule has 1 unspecified atom stereocenters. The molecular weight excluding hydrogens is 402 g/mol. The van der Waals surface area contributed by atoms with E-state index in [2.05, 4.69) is 45.9 Å². The van der Waals surface area contributed by atoms with Gasteiger partial charge in [0.15, 0.2) is 11.6 Å². The van der Waals surface area contributed by atoms with Gasteiger partial charge in [-0.15, -0.1) is 0 Å². The van der Waals surface area contributed by atoms with Crippen molar-refractivity contribution in [2.45, 2.75) is 52.5 Å². The van der Waals surface area contributed by atoms with Gasteiger partial charge in [0.25, 0.3) is 0 Å². The number of nitrogens with one attached hydrogen (secondary N) is 2. The van der Waals surface area contributed by atoms with Crippen LogP contribution in [0.3, 0.4) is 0 Å². The van der Waals surface area contributed by atoms with E-state index in [0.29, 0.717) is 17.6 Å². The second-order valence-corrected chi connectivity index (χ2v) is 8.68. The summed E-state index contributed by atoms with van der Waals surface area (Å²) in [6.45, 7) is 13.0. The van der Waals surface area contributed by atoms with E-state index in [9.17, 15) is 4.79 Å². The number of carbonyl (C=O) groups is 1. The maximum absolute atomic E-state index is 13.4. The normalized spacial score (nSPS) is 17.7. The lowest BCUT2D eigenvalue weighted by Crippen LogP contribution is -2.48. The molecule has 32 heavy (non-hydrogen) atoms. The first kappa shape index (κ1) is 22.0. The van der Waals surface area contributed by atoms with Crippen LogP contribution < -0.4 is 20.4 Å². The third kappa shape index (κ3) is 4.54. The molecule has 0 saturated carbocycles. The molecule has 4 heterocycles. The largest absolute Gasteiger partial charge is 0.384 e. The highest BCUT2D eigenvalue weighted by Gasteiger charge is 2.40. The number of rotatable bonds is 8. The third-order valence-corrected chi connectivity index (χ3v) is 6.38. The summed E-state index contributed by atoms with van der Waals surface area (Å²) in [6.07, 6.45) is 7.35. The van der Waals surface area contributed by atoms with Crippen molar-refractivity contribution in [3.05, 3.63) is 42.5 Å². The highest BCUT2D eigenvalue weighted by atomic mass is 16.2. The van der Waals surface area contributed by atoms with Crippen molar-refractivity contribution in [2.75, 3.05) is 34.8 Å². The number of hydrogen-bond donors (Lipinski definition) is 2. The Morgan fingerprint density at radius 2 is 2.12 bits per heavy atom. The van der Waals surface area contributed by atoms with Crippen molar-refractivity contribution in [3.63, 3.8) is 0 Å². The Morgan fingerprint density at radius 3 is 2.91 bits per heavy atom. The standard InChI is InChI=1S/C24H33N7O/c1-5-16(3)7-8-18-13-25-14-22(27-18)29-24(32)31-19-11-12-30(15-19)21-10-9-20(28-23(21)31)17(4)26-6-2/h9-10,13-14,16,19,26H,4-8,11-12,15H2,1-3H3,(H,27,29,32)/t16-,19?/m1/s1. The Balaban J connectivity index is 1.56. The second kappa shape index (κ2) is 9.54. The Kier molecular flexibility index (Phi) is 6.58. The van der Waals surface area contributed by atoms with Crippen LogP contribution in [0.4, 0.5) is 22.1 Å². The zero-order valence-electron chi connectivity index (χ0n) is 19.3. The molecule has 8 nitrogen and oxygen atoms in total. The monoisotopic (exact) mass is 435 g/mol. The lowest BCUT2D eigenvalue weighted by molar-refractivity contribution is 0.254. The van der Waals surface area contributed by atoms with Crippen LogP contribution in [0.15, 0.2) is 31.1 Å². The lowest BCUT2D eigenvalue weighted by Gasteiger charge is -2.35. The first-order valence-corrected chi connectivity index (χ1v) is 11.6. The number of aromatic nitrogens is 3. The maximum atomic E-state index is 13.4. The zero-order valence-corrected chi connectivity index (χ0v) is 19.3. The number of nitrogens with zero attached hydrogens (tertiary/aromatic N) is 5. The molecule has 2 aromatic heterocycles. The van der Waals surface area contributed by atoms with Crippen LogP contribution in [0.25, 0.3) is 5.70 Å². The van der Waals surface area contributed by atoms with Crippen LogP contribution in [0.5, 0.6) is 0 Å². The number of fused-ring (bicyclic) bond motifs is 4. The molecule has 2 aliphatic heterocycles. The number of hydrogen-bond acceptors (Lipinski definition) is 6. The van der Waals surface area contributed by atoms with E-state index in [-0.39, 0.29) is 12.1 Å². The lowest BCUT2D eigenvalue weighted by atomic mass is 10.0. The third-order valence-electron chi connectivity index (χ3n) is 6.38. The van der Waals surface area contributed by atoms with Crippen LogP contribution >= 0.6 is 0 Å². The Hall–Kier alpha value is -3.16. The van der Waals surface area contributed by atoms with E-state index in [1.54, 1.807) is 17.3 Å². The molecule has 2 aliphatic rings. The number of aryl methyl sites for hydroxylation is 1. The van der Waals surface area contributed by atoms with Gasteiger partial charge in [0.05, 0.1) is 35.0 Å². The second-order valence-electron chi connectivity index (χ2n) is 8.68. The van der Waals surface area contributed by atoms with Crippen molar-refractivity contribution < 1.29 is 4.79 Å².